The lowest BCUT2D eigenvalue weighted by atomic mass is 9.13. The van der Waals surface area contributed by atoms with Gasteiger partial charge in [0.1, 0.15) is 11.3 Å². The molecule has 1 amide bonds. The van der Waals surface area contributed by atoms with Crippen molar-refractivity contribution in [1.82, 2.24) is 14.7 Å². The Morgan fingerprint density at radius 1 is 1.23 bits per heavy atom. The van der Waals surface area contributed by atoms with E-state index < -0.39 is 0 Å². The lowest BCUT2D eigenvalue weighted by molar-refractivity contribution is -0.428. The Morgan fingerprint density at radius 2 is 2.00 bits per heavy atom. The number of carbonyl (C=O) groups excluding carboxylic acids is 1. The topological polar surface area (TPSA) is 46.4 Å². The molecule has 2 aromatic heterocycles. The summed E-state index contributed by atoms with van der Waals surface area (Å²) in [5.74, 6) is 4.37. The van der Waals surface area contributed by atoms with Crippen molar-refractivity contribution < 1.29 is 4.79 Å². The van der Waals surface area contributed by atoms with Crippen LogP contribution in [0.2, 0.25) is 0 Å². The van der Waals surface area contributed by atoms with Crippen LogP contribution in [0.15, 0.2) is 24.4 Å². The van der Waals surface area contributed by atoms with Gasteiger partial charge in [0, 0.05) is 18.7 Å². The Labute approximate surface area is 153 Å². The molecule has 2 aromatic rings. The molecule has 26 heavy (non-hydrogen) atoms. The largest absolute Gasteiger partial charge is 0.350 e. The van der Waals surface area contributed by atoms with E-state index in [2.05, 4.69) is 18.4 Å². The number of rotatable bonds is 4. The second-order valence-corrected chi connectivity index (χ2v) is 9.99. The smallest absolute Gasteiger partial charge is 0.268 e. The van der Waals surface area contributed by atoms with Crippen molar-refractivity contribution in [3.05, 3.63) is 35.8 Å². The molecular weight excluding hydrogens is 322 g/mol. The monoisotopic (exact) mass is 347 g/mol. The van der Waals surface area contributed by atoms with Crippen molar-refractivity contribution >= 4 is 11.6 Å². The van der Waals surface area contributed by atoms with Gasteiger partial charge in [0.05, 0.1) is 5.69 Å². The highest BCUT2D eigenvalue weighted by Crippen LogP contribution is 2.92. The fourth-order valence-corrected chi connectivity index (χ4v) is 7.93. The zero-order valence-electron chi connectivity index (χ0n) is 15.2. The van der Waals surface area contributed by atoms with Gasteiger partial charge >= 0.3 is 0 Å². The molecule has 0 saturated heterocycles. The van der Waals surface area contributed by atoms with Crippen molar-refractivity contribution in [3.63, 3.8) is 0 Å². The van der Waals surface area contributed by atoms with E-state index in [0.717, 1.165) is 47.3 Å². The van der Waals surface area contributed by atoms with Gasteiger partial charge < -0.3 is 5.32 Å². The van der Waals surface area contributed by atoms with Gasteiger partial charge in [-0.15, -0.1) is 0 Å². The van der Waals surface area contributed by atoms with Crippen LogP contribution in [-0.2, 0) is 0 Å². The van der Waals surface area contributed by atoms with E-state index in [4.69, 9.17) is 4.98 Å². The Morgan fingerprint density at radius 3 is 2.65 bits per heavy atom. The minimum Gasteiger partial charge on any atom is -0.350 e. The van der Waals surface area contributed by atoms with Gasteiger partial charge in [-0.3, -0.25) is 9.20 Å². The molecule has 5 aliphatic carbocycles. The van der Waals surface area contributed by atoms with Gasteiger partial charge in [0.25, 0.3) is 5.91 Å². The zero-order chi connectivity index (χ0) is 17.3. The molecule has 7 rings (SSSR count). The SMILES string of the molecule is CC1CC1c1cn2c(C(=O)NCC34CC5CC6CC(C3)C654)cccc2n1. The maximum absolute atomic E-state index is 13.0. The van der Waals surface area contributed by atoms with Gasteiger partial charge in [-0.1, -0.05) is 13.0 Å². The van der Waals surface area contributed by atoms with Gasteiger partial charge in [-0.25, -0.2) is 4.98 Å². The average Bonchev–Trinajstić information content (AvgIpc) is 3.13. The van der Waals surface area contributed by atoms with Crippen LogP contribution in [-0.4, -0.2) is 21.8 Å². The number of amides is 1. The standard InChI is InChI=1S/C22H25N3O/c1-12-5-16(12)17-10-25-18(3-2-4-19(25)24-17)20(26)23-11-21-8-14-6-13-7-15(9-21)22(13,14)21/h2-4,10,12-16H,5-9,11H2,1H3,(H,23,26). The van der Waals surface area contributed by atoms with E-state index in [1.54, 1.807) is 0 Å². The van der Waals surface area contributed by atoms with Gasteiger partial charge in [0.2, 0.25) is 0 Å². The third-order valence-electron chi connectivity index (χ3n) is 9.18. The molecule has 1 spiro atoms. The Balaban J connectivity index is 1.14. The van der Waals surface area contributed by atoms with E-state index in [9.17, 15) is 4.79 Å². The molecule has 0 bridgehead atoms. The van der Waals surface area contributed by atoms with Crippen LogP contribution in [0.1, 0.15) is 61.1 Å². The number of hydrogen-bond acceptors (Lipinski definition) is 2. The summed E-state index contributed by atoms with van der Waals surface area (Å²) in [5, 5.41) is 3.31. The van der Waals surface area contributed by atoms with Crippen LogP contribution in [0.25, 0.3) is 5.65 Å². The second-order valence-electron chi connectivity index (χ2n) is 9.99. The number of nitrogens with one attached hydrogen (secondary N) is 1. The van der Waals surface area contributed by atoms with Crippen molar-refractivity contribution in [3.8, 4) is 0 Å². The zero-order valence-corrected chi connectivity index (χ0v) is 15.2. The summed E-state index contributed by atoms with van der Waals surface area (Å²) in [6.45, 7) is 3.15. The number of fused-ring (bicyclic) bond motifs is 1. The maximum Gasteiger partial charge on any atom is 0.268 e. The first kappa shape index (κ1) is 14.2. The molecule has 0 aromatic carbocycles. The third-order valence-corrected chi connectivity index (χ3v) is 9.18. The number of hydrogen-bond donors (Lipinski definition) is 1. The molecule has 4 atom stereocenters. The summed E-state index contributed by atoms with van der Waals surface area (Å²) in [6, 6.07) is 5.90. The summed E-state index contributed by atoms with van der Waals surface area (Å²) in [7, 11) is 0. The first-order valence-corrected chi connectivity index (χ1v) is 10.4. The molecule has 0 radical (unpaired) electrons. The first-order valence-electron chi connectivity index (χ1n) is 10.4. The molecule has 5 saturated carbocycles. The number of nitrogens with zero attached hydrogens (tertiary/aromatic N) is 2. The van der Waals surface area contributed by atoms with Crippen molar-refractivity contribution in [2.24, 2.45) is 34.5 Å². The van der Waals surface area contributed by atoms with Gasteiger partial charge in [-0.05, 0) is 78.7 Å². The molecule has 134 valence electrons. The van der Waals surface area contributed by atoms with E-state index in [1.807, 2.05) is 22.6 Å². The molecule has 2 heterocycles. The molecule has 4 heteroatoms. The van der Waals surface area contributed by atoms with Crippen LogP contribution >= 0.6 is 0 Å². The van der Waals surface area contributed by atoms with Crippen LogP contribution in [0.4, 0.5) is 0 Å². The lowest BCUT2D eigenvalue weighted by Gasteiger charge is -2.91. The van der Waals surface area contributed by atoms with Crippen molar-refractivity contribution in [2.75, 3.05) is 6.54 Å². The average molecular weight is 347 g/mol. The highest BCUT2D eigenvalue weighted by Gasteiger charge is 2.87. The quantitative estimate of drug-likeness (QED) is 0.918. The van der Waals surface area contributed by atoms with E-state index in [0.29, 0.717) is 16.7 Å². The minimum atomic E-state index is 0.0660. The summed E-state index contributed by atoms with van der Waals surface area (Å²) in [5.41, 5.74) is 3.90. The summed E-state index contributed by atoms with van der Waals surface area (Å²) in [4.78, 5) is 17.7. The van der Waals surface area contributed by atoms with Crippen LogP contribution in [0.3, 0.4) is 0 Å². The third kappa shape index (κ3) is 1.37. The summed E-state index contributed by atoms with van der Waals surface area (Å²) in [6.07, 6.45) is 8.98. The normalized spacial score (nSPS) is 46.1. The maximum atomic E-state index is 13.0. The highest BCUT2D eigenvalue weighted by molar-refractivity contribution is 5.93. The predicted molar refractivity (Wildman–Crippen MR) is 97.9 cm³/mol. The van der Waals surface area contributed by atoms with E-state index in [1.165, 1.54) is 32.1 Å². The summed E-state index contributed by atoms with van der Waals surface area (Å²) >= 11 is 0. The fraction of sp³-hybridized carbons (Fsp3) is 0.636. The number of pyridine rings is 1. The number of aromatic nitrogens is 2. The molecule has 1 N–H and O–H groups in total. The highest BCUT2D eigenvalue weighted by atomic mass is 16.1. The molecule has 0 aliphatic heterocycles. The van der Waals surface area contributed by atoms with Crippen molar-refractivity contribution in [2.45, 2.75) is 44.9 Å². The van der Waals surface area contributed by atoms with E-state index >= 15 is 0 Å². The molecule has 5 aliphatic rings. The fourth-order valence-electron chi connectivity index (χ4n) is 7.93. The Bertz CT molecular complexity index is 949. The first-order chi connectivity index (χ1) is 12.6. The molecule has 4 nitrogen and oxygen atoms in total. The molecule has 5 fully saturated rings. The Hall–Kier alpha value is -1.84. The Kier molecular flexibility index (Phi) is 2.29. The van der Waals surface area contributed by atoms with Crippen LogP contribution < -0.4 is 5.32 Å². The van der Waals surface area contributed by atoms with Crippen LogP contribution in [0.5, 0.6) is 0 Å². The predicted octanol–water partition coefficient (Wildman–Crippen LogP) is 3.62. The van der Waals surface area contributed by atoms with Gasteiger partial charge in [0.15, 0.2) is 0 Å². The second kappa shape index (κ2) is 4.18. The number of carbonyl (C=O) groups is 1. The number of imidazole rings is 1. The molecular formula is C22H25N3O. The minimum absolute atomic E-state index is 0.0660. The van der Waals surface area contributed by atoms with Crippen molar-refractivity contribution in [1.29, 1.82) is 0 Å². The van der Waals surface area contributed by atoms with Crippen LogP contribution in [0, 0.1) is 34.5 Å². The molecule has 4 unspecified atom stereocenters. The summed E-state index contributed by atoms with van der Waals surface area (Å²) < 4.78 is 1.99. The van der Waals surface area contributed by atoms with Gasteiger partial charge in [-0.2, -0.15) is 0 Å². The lowest BCUT2D eigenvalue weighted by Crippen LogP contribution is -2.86. The van der Waals surface area contributed by atoms with E-state index in [-0.39, 0.29) is 5.91 Å².